The van der Waals surface area contributed by atoms with Crippen LogP contribution in [0.25, 0.3) is 0 Å². The monoisotopic (exact) mass is 167 g/mol. The summed E-state index contributed by atoms with van der Waals surface area (Å²) in [5, 5.41) is 0. The van der Waals surface area contributed by atoms with Gasteiger partial charge in [-0.15, -0.1) is 0 Å². The second-order valence-electron chi connectivity index (χ2n) is 3.83. The predicted octanol–water partition coefficient (Wildman–Crippen LogP) is 3.17. The number of nitrogens with zero attached hydrogens (tertiary/aromatic N) is 1. The van der Waals surface area contributed by atoms with Gasteiger partial charge in [-0.05, 0) is 32.6 Å². The zero-order chi connectivity index (χ0) is 8.97. The molecule has 0 amide bonds. The molecule has 1 fully saturated rings. The van der Waals surface area contributed by atoms with Crippen molar-refractivity contribution in [3.63, 3.8) is 0 Å². The molecule has 0 spiro atoms. The van der Waals surface area contributed by atoms with Crippen molar-refractivity contribution >= 4 is 0 Å². The van der Waals surface area contributed by atoms with Gasteiger partial charge in [-0.3, -0.25) is 0 Å². The van der Waals surface area contributed by atoms with E-state index in [1.54, 1.807) is 0 Å². The Kier molecular flexibility index (Phi) is 3.64. The van der Waals surface area contributed by atoms with Gasteiger partial charge in [-0.1, -0.05) is 19.9 Å². The van der Waals surface area contributed by atoms with E-state index >= 15 is 0 Å². The van der Waals surface area contributed by atoms with Gasteiger partial charge in [0, 0.05) is 18.3 Å². The fourth-order valence-corrected chi connectivity index (χ4v) is 1.84. The van der Waals surface area contributed by atoms with E-state index in [1.807, 2.05) is 0 Å². The summed E-state index contributed by atoms with van der Waals surface area (Å²) in [5.74, 6) is 0. The van der Waals surface area contributed by atoms with Gasteiger partial charge < -0.3 is 4.90 Å². The minimum atomic E-state index is 0.690. The van der Waals surface area contributed by atoms with E-state index in [2.05, 4.69) is 25.3 Å². The minimum Gasteiger partial charge on any atom is -0.373 e. The molecule has 1 atom stereocenters. The lowest BCUT2D eigenvalue weighted by atomic mass is 10.2. The van der Waals surface area contributed by atoms with Gasteiger partial charge in [-0.2, -0.15) is 0 Å². The number of hydrogen-bond donors (Lipinski definition) is 0. The highest BCUT2D eigenvalue weighted by atomic mass is 15.2. The van der Waals surface area contributed by atoms with E-state index in [1.165, 1.54) is 44.3 Å². The zero-order valence-electron chi connectivity index (χ0n) is 8.47. The Hall–Kier alpha value is -0.460. The highest BCUT2D eigenvalue weighted by Gasteiger charge is 2.15. The Labute approximate surface area is 76.5 Å². The van der Waals surface area contributed by atoms with E-state index in [0.29, 0.717) is 6.04 Å². The number of likely N-dealkylation sites (tertiary alicyclic amines) is 1. The van der Waals surface area contributed by atoms with E-state index in [4.69, 9.17) is 0 Å². The summed E-state index contributed by atoms with van der Waals surface area (Å²) < 4.78 is 0. The average molecular weight is 167 g/mol. The molecule has 1 heteroatoms. The Morgan fingerprint density at radius 3 is 2.83 bits per heavy atom. The van der Waals surface area contributed by atoms with Crippen LogP contribution in [0, 0.1) is 0 Å². The van der Waals surface area contributed by atoms with Gasteiger partial charge in [0.2, 0.25) is 0 Å². The smallest absolute Gasteiger partial charge is 0.0255 e. The van der Waals surface area contributed by atoms with E-state index < -0.39 is 0 Å². The molecule has 1 rings (SSSR count). The van der Waals surface area contributed by atoms with Crippen LogP contribution in [0.4, 0.5) is 0 Å². The Balaban J connectivity index is 2.52. The second-order valence-corrected chi connectivity index (χ2v) is 3.83. The fraction of sp³-hybridized carbons (Fsp3) is 0.818. The Morgan fingerprint density at radius 2 is 2.17 bits per heavy atom. The van der Waals surface area contributed by atoms with Crippen molar-refractivity contribution < 1.29 is 0 Å². The fourth-order valence-electron chi connectivity index (χ4n) is 1.84. The molecule has 0 aromatic carbocycles. The first-order valence-corrected chi connectivity index (χ1v) is 5.20. The Morgan fingerprint density at radius 1 is 1.42 bits per heavy atom. The summed E-state index contributed by atoms with van der Waals surface area (Å²) in [6.45, 7) is 9.94. The highest BCUT2D eigenvalue weighted by molar-refractivity contribution is 4.97. The van der Waals surface area contributed by atoms with Gasteiger partial charge in [0.15, 0.2) is 0 Å². The molecule has 1 heterocycles. The third-order valence-electron chi connectivity index (χ3n) is 2.89. The van der Waals surface area contributed by atoms with Crippen molar-refractivity contribution in [3.8, 4) is 0 Å². The van der Waals surface area contributed by atoms with Crippen LogP contribution in [0.5, 0.6) is 0 Å². The van der Waals surface area contributed by atoms with Crippen LogP contribution in [0.1, 0.15) is 46.0 Å². The summed E-state index contributed by atoms with van der Waals surface area (Å²) >= 11 is 0. The van der Waals surface area contributed by atoms with E-state index in [0.717, 1.165) is 0 Å². The van der Waals surface area contributed by atoms with Gasteiger partial charge in [0.05, 0.1) is 0 Å². The first-order valence-electron chi connectivity index (χ1n) is 5.20. The van der Waals surface area contributed by atoms with Crippen molar-refractivity contribution in [1.82, 2.24) is 4.90 Å². The molecule has 0 N–H and O–H groups in total. The number of hydrogen-bond acceptors (Lipinski definition) is 1. The lowest BCUT2D eigenvalue weighted by Crippen LogP contribution is -2.31. The molecule has 0 bridgehead atoms. The average Bonchev–Trinajstić information content (AvgIpc) is 2.28. The van der Waals surface area contributed by atoms with Crippen LogP contribution in [-0.2, 0) is 0 Å². The second kappa shape index (κ2) is 4.54. The topological polar surface area (TPSA) is 3.24 Å². The first kappa shape index (κ1) is 9.63. The zero-order valence-corrected chi connectivity index (χ0v) is 8.47. The molecule has 0 radical (unpaired) electrons. The minimum absolute atomic E-state index is 0.690. The summed E-state index contributed by atoms with van der Waals surface area (Å²) in [7, 11) is 0. The molecule has 70 valence electrons. The molecule has 0 saturated carbocycles. The molecular formula is C11H21N. The quantitative estimate of drug-likeness (QED) is 0.610. The van der Waals surface area contributed by atoms with Gasteiger partial charge in [-0.25, -0.2) is 0 Å². The third kappa shape index (κ3) is 2.26. The molecule has 1 saturated heterocycles. The molecule has 0 aliphatic carbocycles. The van der Waals surface area contributed by atoms with Crippen LogP contribution < -0.4 is 0 Å². The van der Waals surface area contributed by atoms with Crippen LogP contribution in [0.15, 0.2) is 12.3 Å². The normalized spacial score (nSPS) is 22.2. The summed E-state index contributed by atoms with van der Waals surface area (Å²) in [6, 6.07) is 0.690. The standard InChI is InChI=1S/C11H21N/c1-4-10(2)12-9-7-5-6-8-11(12)3/h10H,3-9H2,1-2H3. The highest BCUT2D eigenvalue weighted by Crippen LogP contribution is 2.21. The molecule has 1 aliphatic rings. The summed E-state index contributed by atoms with van der Waals surface area (Å²) in [6.07, 6.45) is 6.52. The van der Waals surface area contributed by atoms with E-state index in [-0.39, 0.29) is 0 Å². The lowest BCUT2D eigenvalue weighted by Gasteiger charge is -2.30. The SMILES string of the molecule is C=C1CCCCCN1C(C)CC. The summed E-state index contributed by atoms with van der Waals surface area (Å²) in [4.78, 5) is 2.49. The molecule has 1 nitrogen and oxygen atoms in total. The van der Waals surface area contributed by atoms with Crippen molar-refractivity contribution in [2.75, 3.05) is 6.54 Å². The van der Waals surface area contributed by atoms with Gasteiger partial charge in [0.25, 0.3) is 0 Å². The number of rotatable bonds is 2. The molecular weight excluding hydrogens is 146 g/mol. The third-order valence-corrected chi connectivity index (χ3v) is 2.89. The predicted molar refractivity (Wildman–Crippen MR) is 54.1 cm³/mol. The van der Waals surface area contributed by atoms with Crippen LogP contribution in [0.2, 0.25) is 0 Å². The van der Waals surface area contributed by atoms with Crippen molar-refractivity contribution in [3.05, 3.63) is 12.3 Å². The maximum atomic E-state index is 4.15. The molecule has 1 unspecified atom stereocenters. The summed E-state index contributed by atoms with van der Waals surface area (Å²) in [5.41, 5.74) is 1.36. The van der Waals surface area contributed by atoms with Crippen molar-refractivity contribution in [1.29, 1.82) is 0 Å². The molecule has 1 aliphatic heterocycles. The Bertz CT molecular complexity index is 151. The maximum Gasteiger partial charge on any atom is 0.0255 e. The molecule has 12 heavy (non-hydrogen) atoms. The lowest BCUT2D eigenvalue weighted by molar-refractivity contribution is 0.263. The van der Waals surface area contributed by atoms with Crippen molar-refractivity contribution in [2.45, 2.75) is 52.0 Å². The van der Waals surface area contributed by atoms with Gasteiger partial charge in [0.1, 0.15) is 0 Å². The van der Waals surface area contributed by atoms with Gasteiger partial charge >= 0.3 is 0 Å². The van der Waals surface area contributed by atoms with Crippen LogP contribution >= 0.6 is 0 Å². The maximum absolute atomic E-state index is 4.15. The van der Waals surface area contributed by atoms with Crippen molar-refractivity contribution in [2.24, 2.45) is 0 Å². The van der Waals surface area contributed by atoms with E-state index in [9.17, 15) is 0 Å². The number of allylic oxidation sites excluding steroid dienone is 1. The largest absolute Gasteiger partial charge is 0.373 e. The van der Waals surface area contributed by atoms with Crippen LogP contribution in [0.3, 0.4) is 0 Å². The van der Waals surface area contributed by atoms with Crippen LogP contribution in [-0.4, -0.2) is 17.5 Å². The molecule has 0 aromatic rings. The first-order chi connectivity index (χ1) is 5.75. The molecule has 0 aromatic heterocycles.